The van der Waals surface area contributed by atoms with Gasteiger partial charge in [-0.2, -0.15) is 5.26 Å². The summed E-state index contributed by atoms with van der Waals surface area (Å²) in [7, 11) is 0. The van der Waals surface area contributed by atoms with E-state index in [1.807, 2.05) is 6.07 Å². The first kappa shape index (κ1) is 18.3. The minimum atomic E-state index is -0.365. The third-order valence-electron chi connectivity index (χ3n) is 4.00. The minimum Gasteiger partial charge on any atom is -0.508 e. The Labute approximate surface area is 146 Å². The van der Waals surface area contributed by atoms with Crippen LogP contribution in [0.15, 0.2) is 36.0 Å². The SMILES string of the molecule is CCOC(=O)C1CCN(C(=O)/C(C#N)=C\Nc2ccc(O)cc2)CC1. The van der Waals surface area contributed by atoms with Gasteiger partial charge in [0.15, 0.2) is 0 Å². The number of carbonyl (C=O) groups is 2. The second-order valence-corrected chi connectivity index (χ2v) is 5.68. The van der Waals surface area contributed by atoms with Gasteiger partial charge >= 0.3 is 5.97 Å². The Morgan fingerprint density at radius 3 is 2.56 bits per heavy atom. The van der Waals surface area contributed by atoms with E-state index in [0.29, 0.717) is 38.2 Å². The summed E-state index contributed by atoms with van der Waals surface area (Å²) in [4.78, 5) is 25.7. The molecule has 2 N–H and O–H groups in total. The number of aromatic hydroxyl groups is 1. The second kappa shape index (κ2) is 8.73. The lowest BCUT2D eigenvalue weighted by Crippen LogP contribution is -2.41. The fraction of sp³-hybridized carbons (Fsp3) is 0.389. The van der Waals surface area contributed by atoms with Crippen LogP contribution in [-0.2, 0) is 14.3 Å². The van der Waals surface area contributed by atoms with Crippen LogP contribution in [0.2, 0.25) is 0 Å². The number of anilines is 1. The van der Waals surface area contributed by atoms with Gasteiger partial charge in [-0.25, -0.2) is 0 Å². The van der Waals surface area contributed by atoms with Crippen molar-refractivity contribution in [3.05, 3.63) is 36.0 Å². The highest BCUT2D eigenvalue weighted by atomic mass is 16.5. The lowest BCUT2D eigenvalue weighted by molar-refractivity contribution is -0.150. The smallest absolute Gasteiger partial charge is 0.309 e. The number of amides is 1. The number of hydrogen-bond acceptors (Lipinski definition) is 6. The van der Waals surface area contributed by atoms with Crippen molar-refractivity contribution in [2.75, 3.05) is 25.0 Å². The third-order valence-corrected chi connectivity index (χ3v) is 4.00. The predicted octanol–water partition coefficient (Wildman–Crippen LogP) is 2.01. The van der Waals surface area contributed by atoms with E-state index >= 15 is 0 Å². The molecule has 0 radical (unpaired) electrons. The maximum absolute atomic E-state index is 12.4. The first-order valence-corrected chi connectivity index (χ1v) is 8.17. The fourth-order valence-electron chi connectivity index (χ4n) is 2.60. The molecule has 1 saturated heterocycles. The van der Waals surface area contributed by atoms with Gasteiger partial charge in [-0.3, -0.25) is 9.59 Å². The van der Waals surface area contributed by atoms with Gasteiger partial charge in [-0.15, -0.1) is 0 Å². The third kappa shape index (κ3) is 4.98. The molecule has 7 heteroatoms. The Bertz CT molecular complexity index is 683. The predicted molar refractivity (Wildman–Crippen MR) is 91.4 cm³/mol. The molecule has 1 heterocycles. The highest BCUT2D eigenvalue weighted by molar-refractivity contribution is 5.97. The highest BCUT2D eigenvalue weighted by Crippen LogP contribution is 2.20. The van der Waals surface area contributed by atoms with Gasteiger partial charge in [0, 0.05) is 25.0 Å². The molecule has 7 nitrogen and oxygen atoms in total. The van der Waals surface area contributed by atoms with E-state index in [1.165, 1.54) is 18.3 Å². The number of ether oxygens (including phenoxy) is 1. The van der Waals surface area contributed by atoms with Crippen LogP contribution >= 0.6 is 0 Å². The van der Waals surface area contributed by atoms with Crippen molar-refractivity contribution in [2.45, 2.75) is 19.8 Å². The van der Waals surface area contributed by atoms with Crippen molar-refractivity contribution < 1.29 is 19.4 Å². The van der Waals surface area contributed by atoms with Crippen molar-refractivity contribution in [2.24, 2.45) is 5.92 Å². The van der Waals surface area contributed by atoms with Crippen LogP contribution in [0.4, 0.5) is 5.69 Å². The molecule has 0 saturated carbocycles. The van der Waals surface area contributed by atoms with Crippen molar-refractivity contribution in [3.8, 4) is 11.8 Å². The summed E-state index contributed by atoms with van der Waals surface area (Å²) in [5.74, 6) is -0.639. The number of likely N-dealkylation sites (tertiary alicyclic amines) is 1. The topological polar surface area (TPSA) is 103 Å². The largest absolute Gasteiger partial charge is 0.508 e. The molecule has 1 aromatic rings. The van der Waals surface area contributed by atoms with Gasteiger partial charge in [-0.1, -0.05) is 0 Å². The molecule has 1 aromatic carbocycles. The van der Waals surface area contributed by atoms with E-state index in [9.17, 15) is 20.0 Å². The normalized spacial score (nSPS) is 15.4. The first-order chi connectivity index (χ1) is 12.0. The molecule has 0 aliphatic carbocycles. The number of nitrogens with zero attached hydrogens (tertiary/aromatic N) is 2. The van der Waals surface area contributed by atoms with E-state index in [4.69, 9.17) is 4.74 Å². The molecule has 0 unspecified atom stereocenters. The summed E-state index contributed by atoms with van der Waals surface area (Å²) in [5, 5.41) is 21.4. The van der Waals surface area contributed by atoms with E-state index < -0.39 is 0 Å². The number of esters is 1. The van der Waals surface area contributed by atoms with Gasteiger partial charge in [0.2, 0.25) is 0 Å². The van der Waals surface area contributed by atoms with E-state index in [2.05, 4.69) is 5.32 Å². The molecule has 2 rings (SSSR count). The lowest BCUT2D eigenvalue weighted by Gasteiger charge is -2.30. The summed E-state index contributed by atoms with van der Waals surface area (Å²) in [6, 6.07) is 8.18. The second-order valence-electron chi connectivity index (χ2n) is 5.68. The maximum atomic E-state index is 12.4. The molecular formula is C18H21N3O4. The van der Waals surface area contributed by atoms with Crippen LogP contribution in [0.25, 0.3) is 0 Å². The zero-order chi connectivity index (χ0) is 18.2. The minimum absolute atomic E-state index is 0.0114. The molecule has 1 amide bonds. The van der Waals surface area contributed by atoms with Gasteiger partial charge in [0.1, 0.15) is 17.4 Å². The quantitative estimate of drug-likeness (QED) is 0.367. The molecule has 0 spiro atoms. The summed E-state index contributed by atoms with van der Waals surface area (Å²) in [6.45, 7) is 2.95. The number of hydrogen-bond donors (Lipinski definition) is 2. The average Bonchev–Trinajstić information content (AvgIpc) is 2.64. The van der Waals surface area contributed by atoms with Crippen molar-refractivity contribution in [1.82, 2.24) is 4.90 Å². The average molecular weight is 343 g/mol. The summed E-state index contributed by atoms with van der Waals surface area (Å²) in [6.07, 6.45) is 2.43. The first-order valence-electron chi connectivity index (χ1n) is 8.17. The molecule has 25 heavy (non-hydrogen) atoms. The maximum Gasteiger partial charge on any atom is 0.309 e. The highest BCUT2D eigenvalue weighted by Gasteiger charge is 2.29. The van der Waals surface area contributed by atoms with Crippen LogP contribution in [0.5, 0.6) is 5.75 Å². The number of rotatable bonds is 5. The number of nitrogens with one attached hydrogen (secondary N) is 1. The summed E-state index contributed by atoms with van der Waals surface area (Å²) in [5.41, 5.74) is 0.641. The molecule has 1 aliphatic rings. The van der Waals surface area contributed by atoms with E-state index in [1.54, 1.807) is 24.0 Å². The zero-order valence-corrected chi connectivity index (χ0v) is 14.1. The molecule has 0 atom stereocenters. The number of nitriles is 1. The Morgan fingerprint density at radius 2 is 2.00 bits per heavy atom. The van der Waals surface area contributed by atoms with Crippen molar-refractivity contribution in [1.29, 1.82) is 5.26 Å². The standard InChI is InChI=1S/C18H21N3O4/c1-2-25-18(24)13-7-9-21(10-8-13)17(23)14(11-19)12-20-15-3-5-16(22)6-4-15/h3-6,12-13,20,22H,2,7-10H2,1H3/b14-12-. The number of phenols is 1. The van der Waals surface area contributed by atoms with Gasteiger partial charge < -0.3 is 20.1 Å². The Hall–Kier alpha value is -3.01. The Kier molecular flexibility index (Phi) is 6.40. The summed E-state index contributed by atoms with van der Waals surface area (Å²) < 4.78 is 5.01. The Morgan fingerprint density at radius 1 is 1.36 bits per heavy atom. The molecule has 132 valence electrons. The van der Waals surface area contributed by atoms with Gasteiger partial charge in [-0.05, 0) is 44.0 Å². The molecule has 0 bridgehead atoms. The Balaban J connectivity index is 1.94. The van der Waals surface area contributed by atoms with E-state index in [0.717, 1.165) is 0 Å². The molecular weight excluding hydrogens is 322 g/mol. The van der Waals surface area contributed by atoms with Crippen LogP contribution in [0.1, 0.15) is 19.8 Å². The van der Waals surface area contributed by atoms with Crippen LogP contribution in [0, 0.1) is 17.2 Å². The molecule has 0 aromatic heterocycles. The van der Waals surface area contributed by atoms with Crippen molar-refractivity contribution in [3.63, 3.8) is 0 Å². The van der Waals surface area contributed by atoms with Gasteiger partial charge in [0.05, 0.1) is 12.5 Å². The number of carbonyl (C=O) groups excluding carboxylic acids is 2. The van der Waals surface area contributed by atoms with Crippen molar-refractivity contribution >= 4 is 17.6 Å². The number of benzene rings is 1. The number of phenolic OH excluding ortho intramolecular Hbond substituents is 1. The zero-order valence-electron chi connectivity index (χ0n) is 14.1. The van der Waals surface area contributed by atoms with Crippen LogP contribution in [0.3, 0.4) is 0 Å². The monoisotopic (exact) mass is 343 g/mol. The fourth-order valence-corrected chi connectivity index (χ4v) is 2.60. The molecule has 1 aliphatic heterocycles. The molecule has 1 fully saturated rings. The van der Waals surface area contributed by atoms with Crippen LogP contribution < -0.4 is 5.32 Å². The van der Waals surface area contributed by atoms with Crippen LogP contribution in [-0.4, -0.2) is 41.6 Å². The van der Waals surface area contributed by atoms with E-state index in [-0.39, 0.29) is 29.1 Å². The number of piperidine rings is 1. The lowest BCUT2D eigenvalue weighted by atomic mass is 9.96. The van der Waals surface area contributed by atoms with Gasteiger partial charge in [0.25, 0.3) is 5.91 Å². The summed E-state index contributed by atoms with van der Waals surface area (Å²) >= 11 is 0.